The maximum atomic E-state index is 12.6. The number of allylic oxidation sites excluding steroid dienone is 10. The number of likely N-dealkylation sites (N-methyl/N-ethyl adjacent to an activating group) is 1. The van der Waals surface area contributed by atoms with E-state index >= 15 is 0 Å². The van der Waals surface area contributed by atoms with E-state index in [0.29, 0.717) is 23.9 Å². The van der Waals surface area contributed by atoms with Gasteiger partial charge in [0.05, 0.1) is 27.7 Å². The van der Waals surface area contributed by atoms with Crippen LogP contribution in [0.2, 0.25) is 0 Å². The van der Waals surface area contributed by atoms with Crippen molar-refractivity contribution in [1.82, 2.24) is 0 Å². The molecule has 0 aromatic carbocycles. The molecule has 2 atom stereocenters. The number of unbranched alkanes of at least 4 members (excludes halogenated alkanes) is 14. The van der Waals surface area contributed by atoms with Crippen LogP contribution in [-0.2, 0) is 32.7 Å². The molecule has 0 rings (SSSR count). The predicted molar refractivity (Wildman–Crippen MR) is 226 cm³/mol. The quantitative estimate of drug-likeness (QED) is 0.0200. The Morgan fingerprint density at radius 1 is 0.564 bits per heavy atom. The zero-order chi connectivity index (χ0) is 40.7. The first-order valence-corrected chi connectivity index (χ1v) is 23.0. The summed E-state index contributed by atoms with van der Waals surface area (Å²) in [6.07, 6.45) is 43.9. The van der Waals surface area contributed by atoms with Crippen molar-refractivity contribution in [1.29, 1.82) is 0 Å². The van der Waals surface area contributed by atoms with E-state index in [1.165, 1.54) is 44.9 Å². The van der Waals surface area contributed by atoms with Crippen LogP contribution in [0.15, 0.2) is 60.8 Å². The molecule has 1 unspecified atom stereocenters. The molecule has 0 aliphatic heterocycles. The Morgan fingerprint density at radius 3 is 1.49 bits per heavy atom. The summed E-state index contributed by atoms with van der Waals surface area (Å²) in [6, 6.07) is 0. The molecule has 0 bridgehead atoms. The molecule has 0 N–H and O–H groups in total. The Kier molecular flexibility index (Phi) is 35.7. The highest BCUT2D eigenvalue weighted by molar-refractivity contribution is 7.45. The molecule has 9 nitrogen and oxygen atoms in total. The van der Waals surface area contributed by atoms with Crippen molar-refractivity contribution in [2.75, 3.05) is 47.5 Å². The number of phosphoric ester groups is 1. The Hall–Kier alpha value is -2.29. The van der Waals surface area contributed by atoms with Crippen molar-refractivity contribution in [2.24, 2.45) is 0 Å². The second kappa shape index (κ2) is 37.3. The summed E-state index contributed by atoms with van der Waals surface area (Å²) < 4.78 is 33.8. The Morgan fingerprint density at radius 2 is 0.982 bits per heavy atom. The monoisotopic (exact) mass is 794 g/mol. The van der Waals surface area contributed by atoms with Gasteiger partial charge < -0.3 is 27.9 Å². The van der Waals surface area contributed by atoms with E-state index in [9.17, 15) is 19.0 Å². The van der Waals surface area contributed by atoms with Crippen LogP contribution < -0.4 is 4.89 Å². The van der Waals surface area contributed by atoms with E-state index in [4.69, 9.17) is 18.5 Å². The lowest BCUT2D eigenvalue weighted by molar-refractivity contribution is -0.870. The van der Waals surface area contributed by atoms with Crippen molar-refractivity contribution in [3.05, 3.63) is 60.8 Å². The number of esters is 2. The first kappa shape index (κ1) is 52.7. The van der Waals surface area contributed by atoms with Gasteiger partial charge in [-0.3, -0.25) is 14.2 Å². The largest absolute Gasteiger partial charge is 0.756 e. The van der Waals surface area contributed by atoms with Gasteiger partial charge in [-0.05, 0) is 83.5 Å². The normalized spacial score (nSPS) is 14.2. The number of nitrogens with zero attached hydrogens (tertiary/aromatic N) is 1. The fourth-order valence-corrected chi connectivity index (χ4v) is 6.06. The van der Waals surface area contributed by atoms with Crippen molar-refractivity contribution < 1.29 is 42.1 Å². The number of hydrogen-bond donors (Lipinski definition) is 0. The molecule has 0 saturated carbocycles. The maximum absolute atomic E-state index is 12.6. The fraction of sp³-hybridized carbons (Fsp3) is 0.733. The molecular formula is C45H80NO8P. The van der Waals surface area contributed by atoms with Crippen molar-refractivity contribution in [2.45, 2.75) is 168 Å². The van der Waals surface area contributed by atoms with Crippen LogP contribution in [0.3, 0.4) is 0 Å². The summed E-state index contributed by atoms with van der Waals surface area (Å²) in [6.45, 7) is 4.10. The molecule has 0 radical (unpaired) electrons. The first-order chi connectivity index (χ1) is 26.5. The Bertz CT molecular complexity index is 1120. The standard InChI is InChI=1S/C45H80NO8P/c1-6-8-10-12-14-16-18-20-21-22-23-24-25-26-28-29-31-33-35-37-44(47)51-41-43(42-53-55(49,50)52-40-39-46(3,4)5)54-45(48)38-36-34-32-30-27-19-17-15-13-11-9-7-2/h14-17,20-21,23-24,26,28,43H,6-13,18-19,22,25,27,29-42H2,1-5H3/b16-14+,17-15+,21-20+,24-23+,28-26+/t43-/m0/s1. The third-order valence-electron chi connectivity index (χ3n) is 8.76. The van der Waals surface area contributed by atoms with Gasteiger partial charge in [0.15, 0.2) is 6.10 Å². The zero-order valence-electron chi connectivity index (χ0n) is 35.6. The highest BCUT2D eigenvalue weighted by Crippen LogP contribution is 2.38. The van der Waals surface area contributed by atoms with Gasteiger partial charge in [-0.1, -0.05) is 126 Å². The molecule has 0 spiro atoms. The highest BCUT2D eigenvalue weighted by Gasteiger charge is 2.21. The topological polar surface area (TPSA) is 111 Å². The average molecular weight is 794 g/mol. The van der Waals surface area contributed by atoms with Gasteiger partial charge in [0.1, 0.15) is 19.8 Å². The molecule has 318 valence electrons. The minimum atomic E-state index is -4.63. The molecule has 10 heteroatoms. The van der Waals surface area contributed by atoms with E-state index in [2.05, 4.69) is 74.6 Å². The van der Waals surface area contributed by atoms with Gasteiger partial charge >= 0.3 is 11.9 Å². The smallest absolute Gasteiger partial charge is 0.306 e. The zero-order valence-corrected chi connectivity index (χ0v) is 36.5. The molecule has 55 heavy (non-hydrogen) atoms. The SMILES string of the molecule is CCCCC/C=C/C/C=C/C/C=C/C/C=C/CCCCCC(=O)OC[C@@H](COP(=O)([O-])OCC[N+](C)(C)C)OC(=O)CCCCCCC/C=C/CCCCC. The molecule has 0 aliphatic rings. The molecule has 0 aromatic heterocycles. The van der Waals surface area contributed by atoms with E-state index < -0.39 is 32.5 Å². The number of rotatable bonds is 38. The summed E-state index contributed by atoms with van der Waals surface area (Å²) in [4.78, 5) is 37.4. The molecule has 0 aliphatic carbocycles. The number of quaternary nitrogens is 1. The fourth-order valence-electron chi connectivity index (χ4n) is 5.34. The van der Waals surface area contributed by atoms with Gasteiger partial charge in [-0.2, -0.15) is 0 Å². The Balaban J connectivity index is 4.43. The van der Waals surface area contributed by atoms with Gasteiger partial charge in [-0.15, -0.1) is 0 Å². The summed E-state index contributed by atoms with van der Waals surface area (Å²) in [7, 11) is 1.13. The second-order valence-electron chi connectivity index (χ2n) is 15.3. The van der Waals surface area contributed by atoms with E-state index in [1.54, 1.807) is 0 Å². The van der Waals surface area contributed by atoms with Crippen molar-refractivity contribution >= 4 is 19.8 Å². The van der Waals surface area contributed by atoms with Crippen molar-refractivity contribution in [3.8, 4) is 0 Å². The molecule has 0 aromatic rings. The number of ether oxygens (including phenoxy) is 2. The number of carbonyl (C=O) groups excluding carboxylic acids is 2. The van der Waals surface area contributed by atoms with E-state index in [1.807, 2.05) is 21.1 Å². The molecule has 0 heterocycles. The Labute approximate surface area is 336 Å². The summed E-state index contributed by atoms with van der Waals surface area (Å²) in [5.41, 5.74) is 0. The third kappa shape index (κ3) is 41.2. The number of phosphoric acid groups is 1. The van der Waals surface area contributed by atoms with E-state index in [0.717, 1.165) is 77.0 Å². The third-order valence-corrected chi connectivity index (χ3v) is 9.72. The van der Waals surface area contributed by atoms with Gasteiger partial charge in [0.25, 0.3) is 7.82 Å². The highest BCUT2D eigenvalue weighted by atomic mass is 31.2. The summed E-state index contributed by atoms with van der Waals surface area (Å²) in [5, 5.41) is 0. The van der Waals surface area contributed by atoms with E-state index in [-0.39, 0.29) is 26.1 Å². The van der Waals surface area contributed by atoms with Crippen LogP contribution in [0.25, 0.3) is 0 Å². The van der Waals surface area contributed by atoms with Crippen molar-refractivity contribution in [3.63, 3.8) is 0 Å². The first-order valence-electron chi connectivity index (χ1n) is 21.5. The summed E-state index contributed by atoms with van der Waals surface area (Å²) in [5.74, 6) is -0.887. The van der Waals surface area contributed by atoms with Gasteiger partial charge in [-0.25, -0.2) is 0 Å². The minimum absolute atomic E-state index is 0.0403. The van der Waals surface area contributed by atoms with Gasteiger partial charge in [0, 0.05) is 12.8 Å². The maximum Gasteiger partial charge on any atom is 0.306 e. The second-order valence-corrected chi connectivity index (χ2v) is 16.8. The van der Waals surface area contributed by atoms with Crippen LogP contribution in [-0.4, -0.2) is 70.0 Å². The molecule has 0 amide bonds. The number of hydrogen-bond acceptors (Lipinski definition) is 8. The van der Waals surface area contributed by atoms with Crippen LogP contribution in [0.1, 0.15) is 162 Å². The van der Waals surface area contributed by atoms with Crippen LogP contribution in [0.5, 0.6) is 0 Å². The lowest BCUT2D eigenvalue weighted by Crippen LogP contribution is -2.37. The van der Waals surface area contributed by atoms with Crippen LogP contribution in [0, 0.1) is 0 Å². The van der Waals surface area contributed by atoms with Crippen LogP contribution in [0.4, 0.5) is 0 Å². The molecule has 0 saturated heterocycles. The molecule has 0 fully saturated rings. The number of carbonyl (C=O) groups is 2. The summed E-state index contributed by atoms with van der Waals surface area (Å²) >= 11 is 0. The molecular weight excluding hydrogens is 713 g/mol. The van der Waals surface area contributed by atoms with Gasteiger partial charge in [0.2, 0.25) is 0 Å². The van der Waals surface area contributed by atoms with Crippen LogP contribution >= 0.6 is 7.82 Å². The minimum Gasteiger partial charge on any atom is -0.756 e. The predicted octanol–water partition coefficient (Wildman–Crippen LogP) is 11.4. The average Bonchev–Trinajstić information content (AvgIpc) is 3.13. The lowest BCUT2D eigenvalue weighted by Gasteiger charge is -2.28. The lowest BCUT2D eigenvalue weighted by atomic mass is 10.1.